The molecule has 1 rings (SSSR count). The maximum atomic E-state index is 8.97. The summed E-state index contributed by atoms with van der Waals surface area (Å²) in [5.74, 6) is 0. The van der Waals surface area contributed by atoms with Crippen molar-refractivity contribution < 1.29 is 5.11 Å². The van der Waals surface area contributed by atoms with Gasteiger partial charge in [-0.3, -0.25) is 0 Å². The third-order valence-electron chi connectivity index (χ3n) is 2.22. The molecule has 1 aliphatic carbocycles. The van der Waals surface area contributed by atoms with Gasteiger partial charge in [0.15, 0.2) is 0 Å². The van der Waals surface area contributed by atoms with Crippen LogP contribution in [0.2, 0.25) is 0 Å². The molecule has 0 spiro atoms. The van der Waals surface area contributed by atoms with Gasteiger partial charge in [0.1, 0.15) is 0 Å². The van der Waals surface area contributed by atoms with Crippen molar-refractivity contribution in [2.24, 2.45) is 0 Å². The lowest BCUT2D eigenvalue weighted by molar-refractivity contribution is 0.244. The molecular formula is C11H18O. The quantitative estimate of drug-likeness (QED) is 0.668. The van der Waals surface area contributed by atoms with Gasteiger partial charge >= 0.3 is 0 Å². The normalized spacial score (nSPS) is 21.3. The first-order chi connectivity index (χ1) is 5.79. The molecular weight excluding hydrogens is 148 g/mol. The second-order valence-corrected chi connectivity index (χ2v) is 3.51. The van der Waals surface area contributed by atoms with Crippen molar-refractivity contribution in [3.63, 3.8) is 0 Å². The predicted molar refractivity (Wildman–Crippen MR) is 52.0 cm³/mol. The third kappa shape index (κ3) is 3.72. The highest BCUT2D eigenvalue weighted by atomic mass is 16.3. The summed E-state index contributed by atoms with van der Waals surface area (Å²) in [5.41, 5.74) is 1.54. The molecule has 0 bridgehead atoms. The van der Waals surface area contributed by atoms with Crippen molar-refractivity contribution in [3.8, 4) is 0 Å². The van der Waals surface area contributed by atoms with Gasteiger partial charge < -0.3 is 5.11 Å². The van der Waals surface area contributed by atoms with Gasteiger partial charge in [-0.2, -0.15) is 0 Å². The van der Waals surface area contributed by atoms with Crippen LogP contribution in [0.15, 0.2) is 23.8 Å². The summed E-state index contributed by atoms with van der Waals surface area (Å²) in [6.07, 6.45) is 12.2. The Morgan fingerprint density at radius 1 is 1.25 bits per heavy atom. The molecule has 1 atom stereocenters. The number of rotatable bonds is 2. The summed E-state index contributed by atoms with van der Waals surface area (Å²) in [5, 5.41) is 8.97. The Labute approximate surface area is 74.8 Å². The van der Waals surface area contributed by atoms with Gasteiger partial charge in [0.05, 0.1) is 6.10 Å². The molecule has 0 radical (unpaired) electrons. The summed E-state index contributed by atoms with van der Waals surface area (Å²) >= 11 is 0. The van der Waals surface area contributed by atoms with E-state index in [0.29, 0.717) is 0 Å². The van der Waals surface area contributed by atoms with Gasteiger partial charge in [0, 0.05) is 0 Å². The van der Waals surface area contributed by atoms with E-state index in [4.69, 9.17) is 5.11 Å². The number of hydrogen-bond donors (Lipinski definition) is 1. The Balaban J connectivity index is 2.34. The smallest absolute Gasteiger partial charge is 0.0695 e. The molecule has 1 saturated carbocycles. The summed E-state index contributed by atoms with van der Waals surface area (Å²) in [7, 11) is 0. The highest BCUT2D eigenvalue weighted by molar-refractivity contribution is 5.14. The van der Waals surface area contributed by atoms with Crippen LogP contribution in [0.25, 0.3) is 0 Å². The fourth-order valence-electron chi connectivity index (χ4n) is 1.53. The van der Waals surface area contributed by atoms with Gasteiger partial charge in [-0.25, -0.2) is 0 Å². The molecule has 1 N–H and O–H groups in total. The second kappa shape index (κ2) is 5.15. The first kappa shape index (κ1) is 9.53. The van der Waals surface area contributed by atoms with Gasteiger partial charge in [-0.15, -0.1) is 0 Å². The third-order valence-corrected chi connectivity index (χ3v) is 2.22. The molecule has 0 amide bonds. The van der Waals surface area contributed by atoms with E-state index in [9.17, 15) is 0 Å². The first-order valence-electron chi connectivity index (χ1n) is 4.83. The fourth-order valence-corrected chi connectivity index (χ4v) is 1.53. The fraction of sp³-hybridized carbons (Fsp3) is 0.636. The average Bonchev–Trinajstić information content (AvgIpc) is 2.05. The van der Waals surface area contributed by atoms with Crippen LogP contribution in [-0.4, -0.2) is 11.2 Å². The van der Waals surface area contributed by atoms with Crippen LogP contribution >= 0.6 is 0 Å². The molecule has 1 heteroatoms. The Morgan fingerprint density at radius 2 is 1.92 bits per heavy atom. The van der Waals surface area contributed by atoms with E-state index >= 15 is 0 Å². The predicted octanol–water partition coefficient (Wildman–Crippen LogP) is 2.81. The van der Waals surface area contributed by atoms with E-state index < -0.39 is 0 Å². The first-order valence-corrected chi connectivity index (χ1v) is 4.83. The molecule has 0 aromatic rings. The van der Waals surface area contributed by atoms with Gasteiger partial charge in [-0.1, -0.05) is 30.2 Å². The van der Waals surface area contributed by atoms with Crippen molar-refractivity contribution in [1.82, 2.24) is 0 Å². The molecule has 0 aliphatic heterocycles. The number of aliphatic hydroxyl groups excluding tert-OH is 1. The largest absolute Gasteiger partial charge is 0.389 e. The molecule has 1 aliphatic rings. The van der Waals surface area contributed by atoms with Crippen molar-refractivity contribution in [1.29, 1.82) is 0 Å². The summed E-state index contributed by atoms with van der Waals surface area (Å²) in [4.78, 5) is 0. The zero-order valence-electron chi connectivity index (χ0n) is 7.79. The molecule has 1 fully saturated rings. The van der Waals surface area contributed by atoms with Crippen LogP contribution in [0.4, 0.5) is 0 Å². The molecule has 1 unspecified atom stereocenters. The minimum absolute atomic E-state index is 0.314. The van der Waals surface area contributed by atoms with Gasteiger partial charge in [-0.05, 0) is 32.6 Å². The van der Waals surface area contributed by atoms with E-state index in [0.717, 1.165) is 0 Å². The maximum absolute atomic E-state index is 8.97. The molecule has 12 heavy (non-hydrogen) atoms. The topological polar surface area (TPSA) is 20.2 Å². The van der Waals surface area contributed by atoms with Gasteiger partial charge in [0.2, 0.25) is 0 Å². The summed E-state index contributed by atoms with van der Waals surface area (Å²) in [6.45, 7) is 1.77. The zero-order valence-corrected chi connectivity index (χ0v) is 7.79. The number of allylic oxidation sites excluding steroid dienone is 3. The lowest BCUT2D eigenvalue weighted by Gasteiger charge is -2.12. The minimum Gasteiger partial charge on any atom is -0.389 e. The molecule has 0 heterocycles. The van der Waals surface area contributed by atoms with Crippen LogP contribution in [0.1, 0.15) is 39.0 Å². The highest BCUT2D eigenvalue weighted by Crippen LogP contribution is 2.22. The monoisotopic (exact) mass is 166 g/mol. The van der Waals surface area contributed by atoms with Crippen molar-refractivity contribution >= 4 is 0 Å². The van der Waals surface area contributed by atoms with Crippen LogP contribution in [0.3, 0.4) is 0 Å². The Hall–Kier alpha value is -0.560. The highest BCUT2D eigenvalue weighted by Gasteiger charge is 2.02. The second-order valence-electron chi connectivity index (χ2n) is 3.51. The van der Waals surface area contributed by atoms with E-state index in [2.05, 4.69) is 6.08 Å². The van der Waals surface area contributed by atoms with E-state index in [1.165, 1.54) is 37.7 Å². The standard InChI is InChI=1S/C11H18O/c1-10(12)6-5-9-11-7-3-2-4-8-11/h5-6,9-10,12H,2-4,7-8H2,1H3/b6-5+. The van der Waals surface area contributed by atoms with Crippen molar-refractivity contribution in [2.75, 3.05) is 0 Å². The average molecular weight is 166 g/mol. The number of aliphatic hydroxyl groups is 1. The molecule has 0 aromatic heterocycles. The SMILES string of the molecule is CC(O)/C=C/C=C1CCCCC1. The van der Waals surface area contributed by atoms with Crippen molar-refractivity contribution in [3.05, 3.63) is 23.8 Å². The lowest BCUT2D eigenvalue weighted by Crippen LogP contribution is -1.94. The minimum atomic E-state index is -0.314. The van der Waals surface area contributed by atoms with Crippen molar-refractivity contribution in [2.45, 2.75) is 45.1 Å². The Morgan fingerprint density at radius 3 is 2.50 bits per heavy atom. The summed E-state index contributed by atoms with van der Waals surface area (Å²) in [6, 6.07) is 0. The Bertz CT molecular complexity index is 169. The van der Waals surface area contributed by atoms with Gasteiger partial charge in [0.25, 0.3) is 0 Å². The van der Waals surface area contributed by atoms with Crippen LogP contribution in [0.5, 0.6) is 0 Å². The number of hydrogen-bond acceptors (Lipinski definition) is 1. The van der Waals surface area contributed by atoms with Crippen LogP contribution in [0, 0.1) is 0 Å². The van der Waals surface area contributed by atoms with E-state index in [1.807, 2.05) is 12.2 Å². The molecule has 1 nitrogen and oxygen atoms in total. The zero-order chi connectivity index (χ0) is 8.81. The van der Waals surface area contributed by atoms with Crippen LogP contribution < -0.4 is 0 Å². The van der Waals surface area contributed by atoms with Crippen LogP contribution in [-0.2, 0) is 0 Å². The van der Waals surface area contributed by atoms with E-state index in [-0.39, 0.29) is 6.10 Å². The molecule has 0 saturated heterocycles. The van der Waals surface area contributed by atoms with E-state index in [1.54, 1.807) is 6.92 Å². The lowest BCUT2D eigenvalue weighted by atomic mass is 9.95. The molecule has 68 valence electrons. The molecule has 0 aromatic carbocycles. The Kier molecular flexibility index (Phi) is 4.09. The maximum Gasteiger partial charge on any atom is 0.0695 e. The summed E-state index contributed by atoms with van der Waals surface area (Å²) < 4.78 is 0.